The predicted molar refractivity (Wildman–Crippen MR) is 77.7 cm³/mol. The summed E-state index contributed by atoms with van der Waals surface area (Å²) in [5.41, 5.74) is 8.20. The number of benzene rings is 2. The second kappa shape index (κ2) is 4.48. The average Bonchev–Trinajstić information content (AvgIpc) is 2.70. The van der Waals surface area contributed by atoms with Crippen LogP contribution < -0.4 is 5.48 Å². The highest BCUT2D eigenvalue weighted by Gasteiger charge is 2.29. The van der Waals surface area contributed by atoms with Crippen LogP contribution in [0.5, 0.6) is 0 Å². The van der Waals surface area contributed by atoms with E-state index < -0.39 is 0 Å². The lowest BCUT2D eigenvalue weighted by Gasteiger charge is -2.24. The van der Waals surface area contributed by atoms with E-state index in [-0.39, 0.29) is 11.6 Å². The third kappa shape index (κ3) is 2.29. The fourth-order valence-corrected chi connectivity index (χ4v) is 2.52. The van der Waals surface area contributed by atoms with E-state index in [1.807, 2.05) is 20.8 Å². The number of hydrogen-bond acceptors (Lipinski definition) is 2. The maximum atomic E-state index is 5.78. The second-order valence-corrected chi connectivity index (χ2v) is 5.94. The van der Waals surface area contributed by atoms with E-state index >= 15 is 0 Å². The Morgan fingerprint density at radius 2 is 1.32 bits per heavy atom. The molecular weight excluding hydrogens is 234 g/mol. The molecule has 0 unspecified atom stereocenters. The molecule has 1 aliphatic rings. The summed E-state index contributed by atoms with van der Waals surface area (Å²) in [6, 6.07) is 17.1. The van der Waals surface area contributed by atoms with Gasteiger partial charge in [0.2, 0.25) is 0 Å². The van der Waals surface area contributed by atoms with E-state index in [0.717, 1.165) is 0 Å². The van der Waals surface area contributed by atoms with Gasteiger partial charge in [0.1, 0.15) is 0 Å². The van der Waals surface area contributed by atoms with Crippen molar-refractivity contribution < 1.29 is 4.84 Å². The van der Waals surface area contributed by atoms with Crippen LogP contribution in [-0.4, -0.2) is 5.60 Å². The molecule has 2 heteroatoms. The Bertz CT molecular complexity index is 553. The van der Waals surface area contributed by atoms with Crippen molar-refractivity contribution >= 4 is 0 Å². The second-order valence-electron chi connectivity index (χ2n) is 5.94. The van der Waals surface area contributed by atoms with Gasteiger partial charge in [0.15, 0.2) is 0 Å². The molecule has 0 atom stereocenters. The summed E-state index contributed by atoms with van der Waals surface area (Å²) in [5.74, 6) is 0. The van der Waals surface area contributed by atoms with Gasteiger partial charge in [-0.05, 0) is 43.0 Å². The summed E-state index contributed by atoms with van der Waals surface area (Å²) in [6.45, 7) is 6.15. The Balaban J connectivity index is 2.00. The molecule has 0 aliphatic heterocycles. The summed E-state index contributed by atoms with van der Waals surface area (Å²) in [4.78, 5) is 5.78. The Morgan fingerprint density at radius 1 is 0.842 bits per heavy atom. The minimum atomic E-state index is -0.202. The largest absolute Gasteiger partial charge is 0.295 e. The molecule has 2 aromatic rings. The summed E-state index contributed by atoms with van der Waals surface area (Å²) in [6.07, 6.45) is 0. The fraction of sp³-hybridized carbons (Fsp3) is 0.294. The van der Waals surface area contributed by atoms with Crippen LogP contribution in [0.1, 0.15) is 37.9 Å². The van der Waals surface area contributed by atoms with Crippen LogP contribution in [0.4, 0.5) is 0 Å². The molecule has 0 fully saturated rings. The Labute approximate surface area is 114 Å². The van der Waals surface area contributed by atoms with Crippen molar-refractivity contribution in [3.8, 4) is 11.1 Å². The van der Waals surface area contributed by atoms with Crippen LogP contribution in [-0.2, 0) is 4.84 Å². The first-order valence-electron chi connectivity index (χ1n) is 6.68. The smallest absolute Gasteiger partial charge is 0.0833 e. The molecule has 2 nitrogen and oxygen atoms in total. The molecule has 0 heterocycles. The zero-order valence-corrected chi connectivity index (χ0v) is 11.6. The fourth-order valence-electron chi connectivity index (χ4n) is 2.52. The summed E-state index contributed by atoms with van der Waals surface area (Å²) < 4.78 is 0. The van der Waals surface area contributed by atoms with Gasteiger partial charge in [0.05, 0.1) is 11.6 Å². The molecule has 0 amide bonds. The lowest BCUT2D eigenvalue weighted by Crippen LogP contribution is -2.31. The van der Waals surface area contributed by atoms with Crippen LogP contribution in [0.2, 0.25) is 0 Å². The quantitative estimate of drug-likeness (QED) is 0.814. The molecule has 98 valence electrons. The van der Waals surface area contributed by atoms with E-state index in [0.29, 0.717) is 0 Å². The lowest BCUT2D eigenvalue weighted by molar-refractivity contribution is -0.0831. The molecule has 1 aliphatic carbocycles. The van der Waals surface area contributed by atoms with E-state index in [2.05, 4.69) is 54.0 Å². The molecule has 0 bridgehead atoms. The van der Waals surface area contributed by atoms with Gasteiger partial charge >= 0.3 is 0 Å². The molecule has 0 radical (unpaired) electrons. The Kier molecular flexibility index (Phi) is 2.92. The number of rotatable bonds is 2. The first-order chi connectivity index (χ1) is 9.06. The summed E-state index contributed by atoms with van der Waals surface area (Å²) >= 11 is 0. The van der Waals surface area contributed by atoms with Gasteiger partial charge in [-0.15, -0.1) is 0 Å². The standard InChI is InChI=1S/C17H19NO/c1-17(2,3)19-18-16-14-10-6-4-8-12(14)13-9-5-7-11-15(13)16/h4-11,16,18H,1-3H3. The van der Waals surface area contributed by atoms with E-state index in [1.165, 1.54) is 22.3 Å². The number of hydroxylamine groups is 1. The molecular formula is C17H19NO. The zero-order chi connectivity index (χ0) is 13.5. The first-order valence-corrected chi connectivity index (χ1v) is 6.68. The van der Waals surface area contributed by atoms with Crippen molar-refractivity contribution in [1.82, 2.24) is 5.48 Å². The van der Waals surface area contributed by atoms with Crippen LogP contribution in [0.15, 0.2) is 48.5 Å². The zero-order valence-electron chi connectivity index (χ0n) is 11.6. The molecule has 0 saturated heterocycles. The normalized spacial score (nSPS) is 14.3. The van der Waals surface area contributed by atoms with Crippen molar-refractivity contribution in [2.75, 3.05) is 0 Å². The van der Waals surface area contributed by atoms with Crippen LogP contribution in [0.3, 0.4) is 0 Å². The molecule has 0 spiro atoms. The molecule has 2 aromatic carbocycles. The van der Waals surface area contributed by atoms with Gasteiger partial charge in [-0.1, -0.05) is 48.5 Å². The Hall–Kier alpha value is -1.64. The predicted octanol–water partition coefficient (Wildman–Crippen LogP) is 4.08. The minimum Gasteiger partial charge on any atom is -0.295 e. The number of fused-ring (bicyclic) bond motifs is 3. The number of nitrogens with one attached hydrogen (secondary N) is 1. The first kappa shape index (κ1) is 12.4. The summed E-state index contributed by atoms with van der Waals surface area (Å²) in [5, 5.41) is 0. The minimum absolute atomic E-state index is 0.117. The molecule has 0 saturated carbocycles. The molecule has 0 aromatic heterocycles. The van der Waals surface area contributed by atoms with Gasteiger partial charge < -0.3 is 0 Å². The summed E-state index contributed by atoms with van der Waals surface area (Å²) in [7, 11) is 0. The lowest BCUT2D eigenvalue weighted by atomic mass is 10.1. The van der Waals surface area contributed by atoms with E-state index in [9.17, 15) is 0 Å². The van der Waals surface area contributed by atoms with Gasteiger partial charge in [-0.2, -0.15) is 5.48 Å². The monoisotopic (exact) mass is 253 g/mol. The number of hydrogen-bond donors (Lipinski definition) is 1. The molecule has 19 heavy (non-hydrogen) atoms. The van der Waals surface area contributed by atoms with Crippen LogP contribution >= 0.6 is 0 Å². The van der Waals surface area contributed by atoms with Crippen molar-refractivity contribution in [1.29, 1.82) is 0 Å². The maximum absolute atomic E-state index is 5.78. The van der Waals surface area contributed by atoms with Crippen molar-refractivity contribution in [2.24, 2.45) is 0 Å². The highest BCUT2D eigenvalue weighted by atomic mass is 16.7. The van der Waals surface area contributed by atoms with Gasteiger partial charge in [0, 0.05) is 0 Å². The van der Waals surface area contributed by atoms with Gasteiger partial charge in [0.25, 0.3) is 0 Å². The topological polar surface area (TPSA) is 21.3 Å². The highest BCUT2D eigenvalue weighted by molar-refractivity contribution is 5.78. The third-order valence-corrected chi connectivity index (χ3v) is 3.32. The van der Waals surface area contributed by atoms with Crippen LogP contribution in [0.25, 0.3) is 11.1 Å². The van der Waals surface area contributed by atoms with E-state index in [1.54, 1.807) is 0 Å². The van der Waals surface area contributed by atoms with Crippen molar-refractivity contribution in [3.05, 3.63) is 59.7 Å². The third-order valence-electron chi connectivity index (χ3n) is 3.32. The average molecular weight is 253 g/mol. The van der Waals surface area contributed by atoms with Gasteiger partial charge in [-0.3, -0.25) is 4.84 Å². The van der Waals surface area contributed by atoms with Crippen molar-refractivity contribution in [3.63, 3.8) is 0 Å². The van der Waals surface area contributed by atoms with Gasteiger partial charge in [-0.25, -0.2) is 0 Å². The maximum Gasteiger partial charge on any atom is 0.0833 e. The molecule has 1 N–H and O–H groups in total. The van der Waals surface area contributed by atoms with Crippen LogP contribution in [0, 0.1) is 0 Å². The molecule has 3 rings (SSSR count). The van der Waals surface area contributed by atoms with Crippen molar-refractivity contribution in [2.45, 2.75) is 32.4 Å². The SMILES string of the molecule is CC(C)(C)ONC1c2ccccc2-c2ccccc21. The Morgan fingerprint density at radius 3 is 1.79 bits per heavy atom. The highest BCUT2D eigenvalue weighted by Crippen LogP contribution is 2.43. The van der Waals surface area contributed by atoms with E-state index in [4.69, 9.17) is 4.84 Å².